The van der Waals surface area contributed by atoms with Crippen molar-refractivity contribution in [3.63, 3.8) is 0 Å². The van der Waals surface area contributed by atoms with E-state index < -0.39 is 41.9 Å². The molecule has 4 nitrogen and oxygen atoms in total. The number of amides is 1. The third kappa shape index (κ3) is 6.21. The number of rotatable bonds is 5. The summed E-state index contributed by atoms with van der Waals surface area (Å²) in [6, 6.07) is 6.75. The van der Waals surface area contributed by atoms with Gasteiger partial charge in [-0.15, -0.1) is 0 Å². The highest BCUT2D eigenvalue weighted by atomic mass is 19.4. The molecule has 142 valence electrons. The molecule has 0 atom stereocenters. The van der Waals surface area contributed by atoms with Crippen molar-refractivity contribution in [1.82, 2.24) is 0 Å². The van der Waals surface area contributed by atoms with Gasteiger partial charge >= 0.3 is 12.1 Å². The van der Waals surface area contributed by atoms with Crippen LogP contribution in [0.5, 0.6) is 0 Å². The molecule has 2 aromatic rings. The van der Waals surface area contributed by atoms with Gasteiger partial charge < -0.3 is 10.1 Å². The summed E-state index contributed by atoms with van der Waals surface area (Å²) in [5.41, 5.74) is -1.06. The molecule has 0 radical (unpaired) electrons. The Morgan fingerprint density at radius 3 is 2.48 bits per heavy atom. The SMILES string of the molecule is O=C(COC(=O)/C=C/c1cccc(C(F)(F)F)c1)Nc1ccc(F)cc1F. The Labute approximate surface area is 150 Å². The fraction of sp³-hybridized carbons (Fsp3) is 0.111. The molecule has 0 aliphatic rings. The number of alkyl halides is 3. The van der Waals surface area contributed by atoms with Crippen molar-refractivity contribution in [2.24, 2.45) is 0 Å². The van der Waals surface area contributed by atoms with E-state index in [0.717, 1.165) is 36.4 Å². The van der Waals surface area contributed by atoms with Crippen molar-refractivity contribution < 1.29 is 36.3 Å². The van der Waals surface area contributed by atoms with Crippen LogP contribution in [0.1, 0.15) is 11.1 Å². The van der Waals surface area contributed by atoms with Crippen molar-refractivity contribution >= 4 is 23.6 Å². The van der Waals surface area contributed by atoms with Crippen molar-refractivity contribution in [2.75, 3.05) is 11.9 Å². The topological polar surface area (TPSA) is 55.4 Å². The lowest BCUT2D eigenvalue weighted by molar-refractivity contribution is -0.142. The molecule has 0 unspecified atom stereocenters. The Morgan fingerprint density at radius 2 is 1.81 bits per heavy atom. The summed E-state index contributed by atoms with van der Waals surface area (Å²) >= 11 is 0. The molecule has 0 saturated heterocycles. The molecule has 1 amide bonds. The second-order valence-electron chi connectivity index (χ2n) is 5.24. The molecule has 0 aromatic heterocycles. The third-order valence-corrected chi connectivity index (χ3v) is 3.18. The maximum absolute atomic E-state index is 13.4. The van der Waals surface area contributed by atoms with E-state index >= 15 is 0 Å². The molecule has 0 fully saturated rings. The number of benzene rings is 2. The first-order valence-electron chi connectivity index (χ1n) is 7.42. The average Bonchev–Trinajstić information content (AvgIpc) is 2.60. The Bertz CT molecular complexity index is 878. The average molecular weight is 385 g/mol. The molecular formula is C18H12F5NO3. The van der Waals surface area contributed by atoms with Crippen LogP contribution in [-0.4, -0.2) is 18.5 Å². The van der Waals surface area contributed by atoms with Crippen molar-refractivity contribution in [2.45, 2.75) is 6.18 Å². The molecule has 9 heteroatoms. The highest BCUT2D eigenvalue weighted by Gasteiger charge is 2.30. The number of hydrogen-bond donors (Lipinski definition) is 1. The summed E-state index contributed by atoms with van der Waals surface area (Å²) in [7, 11) is 0. The van der Waals surface area contributed by atoms with Gasteiger partial charge in [-0.25, -0.2) is 13.6 Å². The Kier molecular flexibility index (Phi) is 6.27. The van der Waals surface area contributed by atoms with Crippen LogP contribution in [0.4, 0.5) is 27.6 Å². The highest BCUT2D eigenvalue weighted by Crippen LogP contribution is 2.29. The number of carbonyl (C=O) groups is 2. The largest absolute Gasteiger partial charge is 0.452 e. The van der Waals surface area contributed by atoms with Gasteiger partial charge in [0.25, 0.3) is 5.91 Å². The van der Waals surface area contributed by atoms with Gasteiger partial charge in [-0.1, -0.05) is 12.1 Å². The van der Waals surface area contributed by atoms with Gasteiger partial charge in [-0.05, 0) is 35.9 Å². The molecule has 0 spiro atoms. The molecule has 0 bridgehead atoms. The fourth-order valence-corrected chi connectivity index (χ4v) is 1.94. The lowest BCUT2D eigenvalue weighted by atomic mass is 10.1. The minimum Gasteiger partial charge on any atom is -0.452 e. The Hall–Kier alpha value is -3.23. The molecule has 2 rings (SSSR count). The zero-order chi connectivity index (χ0) is 20.0. The maximum Gasteiger partial charge on any atom is 0.416 e. The number of ether oxygens (including phenoxy) is 1. The van der Waals surface area contributed by atoms with Gasteiger partial charge in [0.15, 0.2) is 6.61 Å². The normalized spacial score (nSPS) is 11.4. The molecular weight excluding hydrogens is 373 g/mol. The van der Waals surface area contributed by atoms with Gasteiger partial charge in [-0.3, -0.25) is 4.79 Å². The van der Waals surface area contributed by atoms with Crippen molar-refractivity contribution in [3.05, 3.63) is 71.3 Å². The van der Waals surface area contributed by atoms with Gasteiger partial charge in [0, 0.05) is 12.1 Å². The molecule has 27 heavy (non-hydrogen) atoms. The number of esters is 1. The van der Waals surface area contributed by atoms with Crippen LogP contribution >= 0.6 is 0 Å². The second kappa shape index (κ2) is 8.43. The van der Waals surface area contributed by atoms with Crippen LogP contribution < -0.4 is 5.32 Å². The van der Waals surface area contributed by atoms with E-state index in [4.69, 9.17) is 0 Å². The predicted octanol–water partition coefficient (Wildman–Crippen LogP) is 4.18. The number of carbonyl (C=O) groups excluding carboxylic acids is 2. The summed E-state index contributed by atoms with van der Waals surface area (Å²) in [6.45, 7) is -0.761. The second-order valence-corrected chi connectivity index (χ2v) is 5.24. The van der Waals surface area contributed by atoms with Crippen LogP contribution in [0.25, 0.3) is 6.08 Å². The van der Waals surface area contributed by atoms with E-state index in [1.54, 1.807) is 0 Å². The standard InChI is InChI=1S/C18H12F5NO3/c19-13-5-6-15(14(20)9-13)24-16(25)10-27-17(26)7-4-11-2-1-3-12(8-11)18(21,22)23/h1-9H,10H2,(H,24,25)/b7-4+. The van der Waals surface area contributed by atoms with Crippen molar-refractivity contribution in [1.29, 1.82) is 0 Å². The first-order chi connectivity index (χ1) is 12.6. The van der Waals surface area contributed by atoms with Gasteiger partial charge in [0.1, 0.15) is 11.6 Å². The van der Waals surface area contributed by atoms with E-state index in [1.165, 1.54) is 12.1 Å². The lowest BCUT2D eigenvalue weighted by Gasteiger charge is -2.07. The number of hydrogen-bond acceptors (Lipinski definition) is 3. The van der Waals surface area contributed by atoms with E-state index in [2.05, 4.69) is 10.1 Å². The minimum atomic E-state index is -4.52. The summed E-state index contributed by atoms with van der Waals surface area (Å²) in [5.74, 6) is -3.68. The van der Waals surface area contributed by atoms with E-state index in [0.29, 0.717) is 6.07 Å². The van der Waals surface area contributed by atoms with Crippen LogP contribution in [0.15, 0.2) is 48.5 Å². The van der Waals surface area contributed by atoms with Crippen LogP contribution in [-0.2, 0) is 20.5 Å². The van der Waals surface area contributed by atoms with Crippen LogP contribution in [0.2, 0.25) is 0 Å². The summed E-state index contributed by atoms with van der Waals surface area (Å²) in [4.78, 5) is 23.1. The number of nitrogens with one attached hydrogen (secondary N) is 1. The van der Waals surface area contributed by atoms with Crippen LogP contribution in [0, 0.1) is 11.6 Å². The maximum atomic E-state index is 13.4. The monoisotopic (exact) mass is 385 g/mol. The van der Waals surface area contributed by atoms with Crippen molar-refractivity contribution in [3.8, 4) is 0 Å². The van der Waals surface area contributed by atoms with Crippen LogP contribution in [0.3, 0.4) is 0 Å². The zero-order valence-electron chi connectivity index (χ0n) is 13.5. The Balaban J connectivity index is 1.88. The summed E-state index contributed by atoms with van der Waals surface area (Å²) in [5, 5.41) is 2.08. The Morgan fingerprint density at radius 1 is 1.07 bits per heavy atom. The molecule has 1 N–H and O–H groups in total. The third-order valence-electron chi connectivity index (χ3n) is 3.18. The highest BCUT2D eigenvalue weighted by molar-refractivity contribution is 5.94. The van der Waals surface area contributed by atoms with E-state index in [-0.39, 0.29) is 11.3 Å². The minimum absolute atomic E-state index is 0.111. The summed E-state index contributed by atoms with van der Waals surface area (Å²) in [6.07, 6.45) is -2.57. The number of halogens is 5. The molecule has 2 aromatic carbocycles. The fourth-order valence-electron chi connectivity index (χ4n) is 1.94. The first-order valence-corrected chi connectivity index (χ1v) is 7.42. The molecule has 0 aliphatic carbocycles. The lowest BCUT2D eigenvalue weighted by Crippen LogP contribution is -2.20. The smallest absolute Gasteiger partial charge is 0.416 e. The quantitative estimate of drug-likeness (QED) is 0.477. The predicted molar refractivity (Wildman–Crippen MR) is 86.4 cm³/mol. The van der Waals surface area contributed by atoms with Gasteiger partial charge in [-0.2, -0.15) is 13.2 Å². The summed E-state index contributed by atoms with van der Waals surface area (Å²) < 4.78 is 68.5. The zero-order valence-corrected chi connectivity index (χ0v) is 13.5. The van der Waals surface area contributed by atoms with Gasteiger partial charge in [0.2, 0.25) is 0 Å². The first kappa shape index (κ1) is 20.1. The van der Waals surface area contributed by atoms with E-state index in [9.17, 15) is 31.5 Å². The van der Waals surface area contributed by atoms with E-state index in [1.807, 2.05) is 0 Å². The number of anilines is 1. The molecule has 0 heterocycles. The molecule has 0 saturated carbocycles. The van der Waals surface area contributed by atoms with Gasteiger partial charge in [0.05, 0.1) is 11.3 Å². The molecule has 0 aliphatic heterocycles.